The van der Waals surface area contributed by atoms with Crippen LogP contribution in [0.4, 0.5) is 0 Å². The number of hydrogen-bond donors (Lipinski definition) is 0. The number of amides is 1. The normalized spacial score (nSPS) is 17.2. The highest BCUT2D eigenvalue weighted by molar-refractivity contribution is 5.98. The van der Waals surface area contributed by atoms with Gasteiger partial charge in [-0.1, -0.05) is 6.07 Å². The van der Waals surface area contributed by atoms with Gasteiger partial charge >= 0.3 is 0 Å². The van der Waals surface area contributed by atoms with Crippen molar-refractivity contribution in [2.45, 2.75) is 32.5 Å². The van der Waals surface area contributed by atoms with E-state index in [1.807, 2.05) is 35.2 Å². The van der Waals surface area contributed by atoms with Crippen LogP contribution in [0.15, 0.2) is 36.5 Å². The molecule has 1 aliphatic rings. The lowest BCUT2D eigenvalue weighted by molar-refractivity contribution is 0.0695. The monoisotopic (exact) mass is 351 g/mol. The molecule has 0 unspecified atom stereocenters. The molecule has 7 heteroatoms. The van der Waals surface area contributed by atoms with E-state index in [1.165, 1.54) is 0 Å². The molecule has 0 spiro atoms. The molecule has 1 amide bonds. The van der Waals surface area contributed by atoms with Crippen LogP contribution in [-0.2, 0) is 24.3 Å². The summed E-state index contributed by atoms with van der Waals surface area (Å²) in [5.74, 6) is 1.75. The summed E-state index contributed by atoms with van der Waals surface area (Å²) in [5.41, 5.74) is 1.58. The summed E-state index contributed by atoms with van der Waals surface area (Å²) in [5, 5.41) is 9.46. The molecule has 1 atom stereocenters. The Morgan fingerprint density at radius 1 is 1.27 bits per heavy atom. The van der Waals surface area contributed by atoms with Crippen LogP contribution in [0, 0.1) is 0 Å². The van der Waals surface area contributed by atoms with Crippen molar-refractivity contribution in [2.24, 2.45) is 0 Å². The second-order valence-electron chi connectivity index (χ2n) is 6.58. The number of fused-ring (bicyclic) bond motifs is 2. The van der Waals surface area contributed by atoms with Gasteiger partial charge in [0.15, 0.2) is 5.82 Å². The highest BCUT2D eigenvalue weighted by Gasteiger charge is 2.27. The molecule has 7 nitrogen and oxygen atoms in total. The molecule has 0 fully saturated rings. The molecule has 3 heterocycles. The van der Waals surface area contributed by atoms with Crippen LogP contribution in [0.5, 0.6) is 0 Å². The molecule has 0 saturated carbocycles. The molecule has 0 bridgehead atoms. The fourth-order valence-electron chi connectivity index (χ4n) is 3.50. The van der Waals surface area contributed by atoms with Crippen LogP contribution in [0.1, 0.15) is 28.9 Å². The maximum absolute atomic E-state index is 13.1. The zero-order valence-corrected chi connectivity index (χ0v) is 14.9. The van der Waals surface area contributed by atoms with Crippen molar-refractivity contribution in [3.63, 3.8) is 0 Å². The van der Waals surface area contributed by atoms with Gasteiger partial charge in [0.25, 0.3) is 5.91 Å². The summed E-state index contributed by atoms with van der Waals surface area (Å²) >= 11 is 0. The Labute approximate surface area is 151 Å². The number of methoxy groups -OCH3 is 1. The number of carbonyl (C=O) groups is 1. The first-order valence-corrected chi connectivity index (χ1v) is 8.73. The molecule has 26 heavy (non-hydrogen) atoms. The van der Waals surface area contributed by atoms with E-state index in [2.05, 4.69) is 26.7 Å². The Morgan fingerprint density at radius 2 is 2.15 bits per heavy atom. The van der Waals surface area contributed by atoms with Crippen LogP contribution < -0.4 is 0 Å². The maximum atomic E-state index is 13.1. The summed E-state index contributed by atoms with van der Waals surface area (Å²) in [6.07, 6.45) is 2.44. The van der Waals surface area contributed by atoms with E-state index in [9.17, 15) is 4.79 Å². The quantitative estimate of drug-likeness (QED) is 0.722. The smallest absolute Gasteiger partial charge is 0.254 e. The number of aromatic nitrogens is 4. The largest absolute Gasteiger partial charge is 0.377 e. The van der Waals surface area contributed by atoms with Gasteiger partial charge in [0, 0.05) is 49.8 Å². The summed E-state index contributed by atoms with van der Waals surface area (Å²) in [6.45, 7) is 3.77. The lowest BCUT2D eigenvalue weighted by atomic mass is 10.1. The first kappa shape index (κ1) is 16.7. The summed E-state index contributed by atoms with van der Waals surface area (Å²) in [7, 11) is 1.64. The van der Waals surface area contributed by atoms with Gasteiger partial charge in [-0.3, -0.25) is 9.78 Å². The van der Waals surface area contributed by atoms with Crippen molar-refractivity contribution in [2.75, 3.05) is 13.7 Å². The van der Waals surface area contributed by atoms with E-state index in [1.54, 1.807) is 13.3 Å². The molecule has 0 aliphatic carbocycles. The third-order valence-electron chi connectivity index (χ3n) is 4.86. The van der Waals surface area contributed by atoms with Gasteiger partial charge in [-0.25, -0.2) is 0 Å². The second kappa shape index (κ2) is 6.84. The van der Waals surface area contributed by atoms with Crippen molar-refractivity contribution in [1.29, 1.82) is 0 Å². The van der Waals surface area contributed by atoms with Gasteiger partial charge in [0.05, 0.1) is 5.52 Å². The lowest BCUT2D eigenvalue weighted by Gasteiger charge is -2.27. The summed E-state index contributed by atoms with van der Waals surface area (Å²) < 4.78 is 7.26. The average Bonchev–Trinajstić information content (AvgIpc) is 2.94. The SMILES string of the molecule is COCc1nnc2n1CCN(C(=O)c1ccc3ncccc3c1)[C@@H](C)C2. The van der Waals surface area contributed by atoms with E-state index in [-0.39, 0.29) is 11.9 Å². The number of carbonyl (C=O) groups excluding carboxylic acids is 1. The molecule has 4 rings (SSSR count). The number of hydrogen-bond acceptors (Lipinski definition) is 5. The Bertz CT molecular complexity index is 952. The van der Waals surface area contributed by atoms with Gasteiger partial charge in [-0.15, -0.1) is 10.2 Å². The van der Waals surface area contributed by atoms with E-state index in [0.717, 1.165) is 22.6 Å². The van der Waals surface area contributed by atoms with Gasteiger partial charge in [0.2, 0.25) is 0 Å². The molecule has 0 radical (unpaired) electrons. The van der Waals surface area contributed by atoms with Crippen LogP contribution >= 0.6 is 0 Å². The highest BCUT2D eigenvalue weighted by atomic mass is 16.5. The molecule has 3 aromatic rings. The fraction of sp³-hybridized carbons (Fsp3) is 0.368. The summed E-state index contributed by atoms with van der Waals surface area (Å²) in [6, 6.07) is 9.58. The topological polar surface area (TPSA) is 73.1 Å². The minimum absolute atomic E-state index is 0.0373. The minimum Gasteiger partial charge on any atom is -0.377 e. The predicted molar refractivity (Wildman–Crippen MR) is 96.7 cm³/mol. The number of nitrogens with zero attached hydrogens (tertiary/aromatic N) is 5. The first-order valence-electron chi connectivity index (χ1n) is 8.73. The molecule has 1 aromatic carbocycles. The zero-order chi connectivity index (χ0) is 18.1. The van der Waals surface area contributed by atoms with Crippen molar-refractivity contribution in [1.82, 2.24) is 24.6 Å². The molecule has 134 valence electrons. The zero-order valence-electron chi connectivity index (χ0n) is 14.9. The number of pyridine rings is 1. The summed E-state index contributed by atoms with van der Waals surface area (Å²) in [4.78, 5) is 19.4. The van der Waals surface area contributed by atoms with Crippen molar-refractivity contribution < 1.29 is 9.53 Å². The first-order chi connectivity index (χ1) is 12.7. The molecule has 1 aliphatic heterocycles. The van der Waals surface area contributed by atoms with Crippen LogP contribution in [-0.4, -0.2) is 50.3 Å². The average molecular weight is 351 g/mol. The standard InChI is InChI=1S/C19H21N5O2/c1-13-10-17-21-22-18(12-26-2)24(17)9-8-23(13)19(25)15-5-6-16-14(11-15)4-3-7-20-16/h3-7,11,13H,8-10,12H2,1-2H3/t13-/m0/s1. The van der Waals surface area contributed by atoms with E-state index >= 15 is 0 Å². The highest BCUT2D eigenvalue weighted by Crippen LogP contribution is 2.20. The molecule has 0 N–H and O–H groups in total. The van der Waals surface area contributed by atoms with Crippen molar-refractivity contribution >= 4 is 16.8 Å². The van der Waals surface area contributed by atoms with Crippen molar-refractivity contribution in [3.05, 3.63) is 53.7 Å². The Balaban J connectivity index is 1.59. The molecular weight excluding hydrogens is 330 g/mol. The van der Waals surface area contributed by atoms with Gasteiger partial charge in [0.1, 0.15) is 12.4 Å². The third-order valence-corrected chi connectivity index (χ3v) is 4.86. The van der Waals surface area contributed by atoms with Gasteiger partial charge < -0.3 is 14.2 Å². The predicted octanol–water partition coefficient (Wildman–Crippen LogP) is 2.06. The number of benzene rings is 1. The van der Waals surface area contributed by atoms with Crippen molar-refractivity contribution in [3.8, 4) is 0 Å². The number of ether oxygens (including phenoxy) is 1. The van der Waals surface area contributed by atoms with E-state index in [0.29, 0.717) is 31.7 Å². The molecular formula is C19H21N5O2. The molecule has 0 saturated heterocycles. The number of rotatable bonds is 3. The third kappa shape index (κ3) is 2.94. The fourth-order valence-corrected chi connectivity index (χ4v) is 3.50. The minimum atomic E-state index is 0.0373. The Morgan fingerprint density at radius 3 is 3.00 bits per heavy atom. The van der Waals surface area contributed by atoms with Gasteiger partial charge in [-0.05, 0) is 31.2 Å². The van der Waals surface area contributed by atoms with E-state index < -0.39 is 0 Å². The van der Waals surface area contributed by atoms with E-state index in [4.69, 9.17) is 4.74 Å². The Hall–Kier alpha value is -2.80. The van der Waals surface area contributed by atoms with Gasteiger partial charge in [-0.2, -0.15) is 0 Å². The second-order valence-corrected chi connectivity index (χ2v) is 6.58. The van der Waals surface area contributed by atoms with Crippen LogP contribution in [0.2, 0.25) is 0 Å². The molecule has 2 aromatic heterocycles. The lowest BCUT2D eigenvalue weighted by Crippen LogP contribution is -2.40. The van der Waals surface area contributed by atoms with Crippen LogP contribution in [0.25, 0.3) is 10.9 Å². The maximum Gasteiger partial charge on any atom is 0.254 e. The Kier molecular flexibility index (Phi) is 4.38. The van der Waals surface area contributed by atoms with Crippen LogP contribution in [0.3, 0.4) is 0 Å².